The highest BCUT2D eigenvalue weighted by Crippen LogP contribution is 2.28. The van der Waals surface area contributed by atoms with Gasteiger partial charge in [-0.2, -0.15) is 0 Å². The highest BCUT2D eigenvalue weighted by molar-refractivity contribution is 6.01. The summed E-state index contributed by atoms with van der Waals surface area (Å²) in [7, 11) is 1.31. The van der Waals surface area contributed by atoms with E-state index in [1.54, 1.807) is 11.8 Å². The molecule has 1 saturated heterocycles. The minimum atomic E-state index is -1.07. The van der Waals surface area contributed by atoms with Crippen molar-refractivity contribution in [2.75, 3.05) is 18.6 Å². The van der Waals surface area contributed by atoms with Crippen LogP contribution < -0.4 is 10.2 Å². The summed E-state index contributed by atoms with van der Waals surface area (Å²) < 4.78 is 4.85. The minimum absolute atomic E-state index is 0.0775. The Kier molecular flexibility index (Phi) is 6.63. The van der Waals surface area contributed by atoms with Crippen LogP contribution in [-0.2, 0) is 19.1 Å². The van der Waals surface area contributed by atoms with Crippen molar-refractivity contribution in [3.05, 3.63) is 29.8 Å². The second kappa shape index (κ2) is 8.55. The Morgan fingerprint density at radius 2 is 2.07 bits per heavy atom. The van der Waals surface area contributed by atoms with E-state index in [0.29, 0.717) is 18.9 Å². The van der Waals surface area contributed by atoms with E-state index >= 15 is 0 Å². The number of amides is 2. The van der Waals surface area contributed by atoms with Crippen LogP contribution in [0.5, 0.6) is 0 Å². The molecular weight excluding hydrogens is 344 g/mol. The van der Waals surface area contributed by atoms with Crippen LogP contribution in [0.4, 0.5) is 5.69 Å². The van der Waals surface area contributed by atoms with E-state index in [1.807, 2.05) is 31.2 Å². The Bertz CT molecular complexity index is 716. The molecule has 2 amide bonds. The van der Waals surface area contributed by atoms with Gasteiger partial charge < -0.3 is 15.0 Å². The molecule has 0 aliphatic carbocycles. The van der Waals surface area contributed by atoms with Gasteiger partial charge in [-0.05, 0) is 37.0 Å². The van der Waals surface area contributed by atoms with Crippen molar-refractivity contribution >= 4 is 23.5 Å². The number of ether oxygens (including phenoxy) is 1. The maximum absolute atomic E-state index is 12.8. The standard InChI is InChI=1S/C21H30N2O4/c1-6-10-21(4,20(26)27-5)22-19(25)16-12-18(24)23(13-16)17-9-7-8-15(11-17)14(2)3/h7-9,11,14,16H,6,10,12-13H2,1-5H3,(H,22,25). The van der Waals surface area contributed by atoms with Crippen molar-refractivity contribution in [2.24, 2.45) is 5.92 Å². The number of methoxy groups -OCH3 is 1. The molecule has 0 bridgehead atoms. The summed E-state index contributed by atoms with van der Waals surface area (Å²) in [6, 6.07) is 7.85. The third kappa shape index (κ3) is 4.67. The fourth-order valence-electron chi connectivity index (χ4n) is 3.50. The average molecular weight is 374 g/mol. The third-order valence-electron chi connectivity index (χ3n) is 5.13. The highest BCUT2D eigenvalue weighted by Gasteiger charge is 2.41. The molecular formula is C21H30N2O4. The Morgan fingerprint density at radius 1 is 1.37 bits per heavy atom. The van der Waals surface area contributed by atoms with Crippen molar-refractivity contribution in [1.82, 2.24) is 5.32 Å². The Labute approximate surface area is 161 Å². The quantitative estimate of drug-likeness (QED) is 0.745. The van der Waals surface area contributed by atoms with E-state index in [1.165, 1.54) is 7.11 Å². The second-order valence-electron chi connectivity index (χ2n) is 7.72. The van der Waals surface area contributed by atoms with E-state index in [0.717, 1.165) is 17.7 Å². The molecule has 1 fully saturated rings. The van der Waals surface area contributed by atoms with Crippen LogP contribution in [0, 0.1) is 5.92 Å². The molecule has 6 nitrogen and oxygen atoms in total. The molecule has 2 atom stereocenters. The van der Waals surface area contributed by atoms with Gasteiger partial charge in [0.1, 0.15) is 5.54 Å². The number of nitrogens with zero attached hydrogens (tertiary/aromatic N) is 1. The Hall–Kier alpha value is -2.37. The molecule has 2 rings (SSSR count). The number of benzene rings is 1. The molecule has 1 aliphatic heterocycles. The van der Waals surface area contributed by atoms with Crippen LogP contribution in [0.3, 0.4) is 0 Å². The number of anilines is 1. The van der Waals surface area contributed by atoms with Gasteiger partial charge in [0, 0.05) is 18.7 Å². The highest BCUT2D eigenvalue weighted by atomic mass is 16.5. The van der Waals surface area contributed by atoms with E-state index in [-0.39, 0.29) is 18.2 Å². The maximum atomic E-state index is 12.8. The van der Waals surface area contributed by atoms with Gasteiger partial charge in [0.2, 0.25) is 11.8 Å². The number of carbonyl (C=O) groups is 3. The zero-order valence-electron chi connectivity index (χ0n) is 16.9. The first-order valence-corrected chi connectivity index (χ1v) is 9.52. The zero-order valence-corrected chi connectivity index (χ0v) is 16.9. The fourth-order valence-corrected chi connectivity index (χ4v) is 3.50. The van der Waals surface area contributed by atoms with Crippen LogP contribution in [0.2, 0.25) is 0 Å². The van der Waals surface area contributed by atoms with Gasteiger partial charge in [0.05, 0.1) is 13.0 Å². The molecule has 0 spiro atoms. The minimum Gasteiger partial charge on any atom is -0.467 e. The zero-order chi connectivity index (χ0) is 20.2. The summed E-state index contributed by atoms with van der Waals surface area (Å²) in [5.74, 6) is -0.959. The van der Waals surface area contributed by atoms with Crippen molar-refractivity contribution in [1.29, 1.82) is 0 Å². The van der Waals surface area contributed by atoms with Gasteiger partial charge in [0.25, 0.3) is 0 Å². The molecule has 27 heavy (non-hydrogen) atoms. The molecule has 0 aromatic heterocycles. The summed E-state index contributed by atoms with van der Waals surface area (Å²) in [6.45, 7) is 8.12. The largest absolute Gasteiger partial charge is 0.467 e. The monoisotopic (exact) mass is 374 g/mol. The first-order valence-electron chi connectivity index (χ1n) is 9.52. The van der Waals surface area contributed by atoms with Crippen LogP contribution in [0.25, 0.3) is 0 Å². The van der Waals surface area contributed by atoms with Crippen LogP contribution in [-0.4, -0.2) is 37.0 Å². The molecule has 1 aliphatic rings. The van der Waals surface area contributed by atoms with Crippen molar-refractivity contribution in [2.45, 2.75) is 58.4 Å². The summed E-state index contributed by atoms with van der Waals surface area (Å²) in [6.07, 6.45) is 1.34. The molecule has 1 N–H and O–H groups in total. The first kappa shape index (κ1) is 20.9. The molecule has 1 heterocycles. The lowest BCUT2D eigenvalue weighted by atomic mass is 9.94. The summed E-state index contributed by atoms with van der Waals surface area (Å²) in [4.78, 5) is 39.0. The molecule has 0 radical (unpaired) electrons. The SMILES string of the molecule is CCCC(C)(NC(=O)C1CC(=O)N(c2cccc(C(C)C)c2)C1)C(=O)OC. The fraction of sp³-hybridized carbons (Fsp3) is 0.571. The normalized spacial score (nSPS) is 19.1. The summed E-state index contributed by atoms with van der Waals surface area (Å²) in [5, 5.41) is 2.82. The molecule has 6 heteroatoms. The number of hydrogen-bond acceptors (Lipinski definition) is 4. The average Bonchev–Trinajstić information content (AvgIpc) is 3.03. The smallest absolute Gasteiger partial charge is 0.331 e. The predicted octanol–water partition coefficient (Wildman–Crippen LogP) is 3.01. The van der Waals surface area contributed by atoms with Gasteiger partial charge in [0.15, 0.2) is 0 Å². The van der Waals surface area contributed by atoms with Gasteiger partial charge >= 0.3 is 5.97 Å². The van der Waals surface area contributed by atoms with Crippen molar-refractivity contribution in [3.8, 4) is 0 Å². The molecule has 148 valence electrons. The topological polar surface area (TPSA) is 75.7 Å². The van der Waals surface area contributed by atoms with Gasteiger partial charge in [-0.15, -0.1) is 0 Å². The number of nitrogens with one attached hydrogen (secondary N) is 1. The predicted molar refractivity (Wildman–Crippen MR) is 104 cm³/mol. The third-order valence-corrected chi connectivity index (χ3v) is 5.13. The Balaban J connectivity index is 2.13. The van der Waals surface area contributed by atoms with Crippen molar-refractivity contribution < 1.29 is 19.1 Å². The van der Waals surface area contributed by atoms with Crippen molar-refractivity contribution in [3.63, 3.8) is 0 Å². The number of esters is 1. The summed E-state index contributed by atoms with van der Waals surface area (Å²) >= 11 is 0. The molecule has 1 aromatic rings. The first-order chi connectivity index (χ1) is 12.7. The summed E-state index contributed by atoms with van der Waals surface area (Å²) in [5.41, 5.74) is 0.884. The molecule has 2 unspecified atom stereocenters. The van der Waals surface area contributed by atoms with E-state index in [4.69, 9.17) is 4.74 Å². The van der Waals surface area contributed by atoms with E-state index < -0.39 is 17.4 Å². The van der Waals surface area contributed by atoms with E-state index in [9.17, 15) is 14.4 Å². The van der Waals surface area contributed by atoms with Gasteiger partial charge in [-0.25, -0.2) is 4.79 Å². The lowest BCUT2D eigenvalue weighted by molar-refractivity contribution is -0.151. The number of rotatable bonds is 7. The van der Waals surface area contributed by atoms with Gasteiger partial charge in [-0.3, -0.25) is 9.59 Å². The molecule has 1 aromatic carbocycles. The molecule has 0 saturated carbocycles. The Morgan fingerprint density at radius 3 is 2.67 bits per heavy atom. The lowest BCUT2D eigenvalue weighted by Gasteiger charge is -2.28. The number of hydrogen-bond donors (Lipinski definition) is 1. The maximum Gasteiger partial charge on any atom is 0.331 e. The van der Waals surface area contributed by atoms with E-state index in [2.05, 4.69) is 19.2 Å². The van der Waals surface area contributed by atoms with Crippen LogP contribution in [0.1, 0.15) is 58.4 Å². The van der Waals surface area contributed by atoms with Gasteiger partial charge in [-0.1, -0.05) is 39.3 Å². The number of carbonyl (C=O) groups excluding carboxylic acids is 3. The van der Waals surface area contributed by atoms with Crippen LogP contribution in [0.15, 0.2) is 24.3 Å². The lowest BCUT2D eigenvalue weighted by Crippen LogP contribution is -2.54. The van der Waals surface area contributed by atoms with Crippen LogP contribution >= 0.6 is 0 Å². The second-order valence-corrected chi connectivity index (χ2v) is 7.72.